The minimum Gasteiger partial charge on any atom is -0.296 e. The summed E-state index contributed by atoms with van der Waals surface area (Å²) in [6.45, 7) is 1.88. The van der Waals surface area contributed by atoms with Crippen LogP contribution in [0.4, 0.5) is 9.52 Å². The van der Waals surface area contributed by atoms with Crippen LogP contribution in [0.15, 0.2) is 52.9 Å². The number of hydrogen-bond donors (Lipinski definition) is 2. The summed E-state index contributed by atoms with van der Waals surface area (Å²) in [6, 6.07) is 12.4. The number of rotatable bonds is 6. The number of hydrogen-bond acceptors (Lipinski definition) is 6. The summed E-state index contributed by atoms with van der Waals surface area (Å²) in [4.78, 5) is 12.2. The Morgan fingerprint density at radius 2 is 1.74 bits per heavy atom. The van der Waals surface area contributed by atoms with E-state index in [2.05, 4.69) is 20.2 Å². The van der Waals surface area contributed by atoms with Gasteiger partial charge in [0.15, 0.2) is 0 Å². The zero-order valence-corrected chi connectivity index (χ0v) is 15.8. The van der Waals surface area contributed by atoms with Crippen molar-refractivity contribution in [3.63, 3.8) is 0 Å². The minimum atomic E-state index is -3.90. The van der Waals surface area contributed by atoms with Gasteiger partial charge in [-0.25, -0.2) is 17.5 Å². The molecule has 3 aromatic rings. The van der Waals surface area contributed by atoms with E-state index in [1.807, 2.05) is 6.92 Å². The van der Waals surface area contributed by atoms with Crippen LogP contribution in [-0.4, -0.2) is 24.5 Å². The Morgan fingerprint density at radius 1 is 1.07 bits per heavy atom. The van der Waals surface area contributed by atoms with E-state index in [0.29, 0.717) is 11.1 Å². The Balaban J connectivity index is 1.65. The highest BCUT2D eigenvalue weighted by molar-refractivity contribution is 7.91. The molecule has 2 aromatic carbocycles. The predicted octanol–water partition coefficient (Wildman–Crippen LogP) is 2.72. The zero-order chi connectivity index (χ0) is 19.4. The molecule has 0 aliphatic carbocycles. The first-order valence-corrected chi connectivity index (χ1v) is 10.1. The Labute approximate surface area is 159 Å². The van der Waals surface area contributed by atoms with Crippen LogP contribution in [0.1, 0.15) is 21.5 Å². The fourth-order valence-electron chi connectivity index (χ4n) is 2.09. The summed E-state index contributed by atoms with van der Waals surface area (Å²) >= 11 is 0.739. The summed E-state index contributed by atoms with van der Waals surface area (Å²) < 4.78 is 39.5. The summed E-state index contributed by atoms with van der Waals surface area (Å²) in [5, 5.41) is 9.91. The van der Waals surface area contributed by atoms with Gasteiger partial charge in [-0.15, -0.1) is 10.2 Å². The smallest absolute Gasteiger partial charge is 0.270 e. The molecule has 0 radical (unpaired) electrons. The van der Waals surface area contributed by atoms with Crippen molar-refractivity contribution in [2.75, 3.05) is 5.32 Å². The van der Waals surface area contributed by atoms with E-state index >= 15 is 0 Å². The largest absolute Gasteiger partial charge is 0.296 e. The topological polar surface area (TPSA) is 101 Å². The highest BCUT2D eigenvalue weighted by Crippen LogP contribution is 2.20. The highest BCUT2D eigenvalue weighted by atomic mass is 32.2. The molecule has 7 nitrogen and oxygen atoms in total. The van der Waals surface area contributed by atoms with Gasteiger partial charge in [-0.05, 0) is 36.8 Å². The molecule has 1 aromatic heterocycles. The molecule has 0 unspecified atom stereocenters. The third kappa shape index (κ3) is 4.94. The van der Waals surface area contributed by atoms with Gasteiger partial charge in [0.05, 0.1) is 0 Å². The van der Waals surface area contributed by atoms with Crippen LogP contribution < -0.4 is 10.0 Å². The maximum Gasteiger partial charge on any atom is 0.270 e. The number of nitrogens with one attached hydrogen (secondary N) is 2. The van der Waals surface area contributed by atoms with Crippen LogP contribution in [-0.2, 0) is 16.6 Å². The molecule has 140 valence electrons. The van der Waals surface area contributed by atoms with E-state index in [9.17, 15) is 17.6 Å². The maximum absolute atomic E-state index is 12.9. The number of aryl methyl sites for hydroxylation is 1. The zero-order valence-electron chi connectivity index (χ0n) is 14.1. The number of carbonyl (C=O) groups is 1. The Morgan fingerprint density at radius 3 is 2.41 bits per heavy atom. The van der Waals surface area contributed by atoms with Crippen molar-refractivity contribution >= 4 is 32.4 Å². The Bertz CT molecular complexity index is 1050. The van der Waals surface area contributed by atoms with Gasteiger partial charge in [-0.2, -0.15) is 0 Å². The maximum atomic E-state index is 12.9. The van der Waals surface area contributed by atoms with E-state index in [4.69, 9.17) is 0 Å². The lowest BCUT2D eigenvalue weighted by molar-refractivity contribution is 0.102. The first-order valence-electron chi connectivity index (χ1n) is 7.79. The van der Waals surface area contributed by atoms with E-state index in [0.717, 1.165) is 16.9 Å². The van der Waals surface area contributed by atoms with Gasteiger partial charge in [0, 0.05) is 12.1 Å². The third-order valence-corrected chi connectivity index (χ3v) is 6.16. The average molecular weight is 406 g/mol. The quantitative estimate of drug-likeness (QED) is 0.613. The average Bonchev–Trinajstić information content (AvgIpc) is 3.11. The molecule has 0 bridgehead atoms. The van der Waals surface area contributed by atoms with Gasteiger partial charge in [0.2, 0.25) is 9.47 Å². The molecule has 1 heterocycles. The number of sulfonamides is 1. The van der Waals surface area contributed by atoms with Crippen molar-refractivity contribution in [3.8, 4) is 0 Å². The number of halogens is 1. The lowest BCUT2D eigenvalue weighted by atomic mass is 10.1. The number of carbonyl (C=O) groups excluding carboxylic acids is 1. The molecule has 3 rings (SSSR count). The molecular weight excluding hydrogens is 391 g/mol. The van der Waals surface area contributed by atoms with E-state index in [-0.39, 0.29) is 16.0 Å². The van der Waals surface area contributed by atoms with Crippen molar-refractivity contribution < 1.29 is 17.6 Å². The first kappa shape index (κ1) is 19.1. The van der Waals surface area contributed by atoms with Gasteiger partial charge in [-0.1, -0.05) is 41.2 Å². The van der Waals surface area contributed by atoms with Crippen LogP contribution >= 0.6 is 11.3 Å². The van der Waals surface area contributed by atoms with Gasteiger partial charge in [0.1, 0.15) is 5.82 Å². The second-order valence-corrected chi connectivity index (χ2v) is 8.56. The lowest BCUT2D eigenvalue weighted by Gasteiger charge is -2.03. The molecule has 0 saturated carbocycles. The summed E-state index contributed by atoms with van der Waals surface area (Å²) in [6.07, 6.45) is 0. The van der Waals surface area contributed by atoms with Crippen LogP contribution in [0.25, 0.3) is 0 Å². The van der Waals surface area contributed by atoms with Crippen molar-refractivity contribution in [2.45, 2.75) is 17.8 Å². The van der Waals surface area contributed by atoms with Gasteiger partial charge in [-0.3, -0.25) is 10.1 Å². The molecule has 0 atom stereocenters. The minimum absolute atomic E-state index is 0.0206. The van der Waals surface area contributed by atoms with Crippen LogP contribution in [0.2, 0.25) is 0 Å². The van der Waals surface area contributed by atoms with Gasteiger partial charge >= 0.3 is 0 Å². The summed E-state index contributed by atoms with van der Waals surface area (Å²) in [5.41, 5.74) is 2.04. The lowest BCUT2D eigenvalue weighted by Crippen LogP contribution is -2.23. The molecule has 10 heteroatoms. The van der Waals surface area contributed by atoms with Crippen LogP contribution in [0, 0.1) is 12.7 Å². The molecule has 0 saturated heterocycles. The number of anilines is 1. The monoisotopic (exact) mass is 406 g/mol. The SMILES string of the molecule is Cc1ccc(C(=O)Nc2nnc(S(=O)(=O)NCc3ccc(F)cc3)s2)cc1. The molecule has 0 fully saturated rings. The van der Waals surface area contributed by atoms with E-state index < -0.39 is 21.7 Å². The van der Waals surface area contributed by atoms with E-state index in [1.54, 1.807) is 24.3 Å². The second-order valence-electron chi connectivity index (χ2n) is 5.64. The molecule has 0 spiro atoms. The van der Waals surface area contributed by atoms with Crippen molar-refractivity contribution in [1.82, 2.24) is 14.9 Å². The Kier molecular flexibility index (Phi) is 5.59. The summed E-state index contributed by atoms with van der Waals surface area (Å²) in [5.74, 6) is -0.811. The highest BCUT2D eigenvalue weighted by Gasteiger charge is 2.21. The molecule has 2 N–H and O–H groups in total. The van der Waals surface area contributed by atoms with Crippen LogP contribution in [0.5, 0.6) is 0 Å². The van der Waals surface area contributed by atoms with E-state index in [1.165, 1.54) is 24.3 Å². The normalized spacial score (nSPS) is 11.3. The van der Waals surface area contributed by atoms with Crippen LogP contribution in [0.3, 0.4) is 0 Å². The molecular formula is C17H15FN4O3S2. The van der Waals surface area contributed by atoms with Crippen molar-refractivity contribution in [3.05, 3.63) is 71.0 Å². The standard InChI is InChI=1S/C17H15FN4O3S2/c1-11-2-6-13(7-3-11)15(23)20-16-21-22-17(26-16)27(24,25)19-10-12-4-8-14(18)9-5-12/h2-9,19H,10H2,1H3,(H,20,21,23). The van der Waals surface area contributed by atoms with Crippen molar-refractivity contribution in [1.29, 1.82) is 0 Å². The van der Waals surface area contributed by atoms with Gasteiger partial charge in [0.25, 0.3) is 15.9 Å². The fraction of sp³-hybridized carbons (Fsp3) is 0.118. The number of nitrogens with zero attached hydrogens (tertiary/aromatic N) is 2. The Hall–Kier alpha value is -2.69. The molecule has 27 heavy (non-hydrogen) atoms. The number of aromatic nitrogens is 2. The van der Waals surface area contributed by atoms with Gasteiger partial charge < -0.3 is 0 Å². The summed E-state index contributed by atoms with van der Waals surface area (Å²) in [7, 11) is -3.90. The predicted molar refractivity (Wildman–Crippen MR) is 99.5 cm³/mol. The second kappa shape index (κ2) is 7.91. The number of benzene rings is 2. The first-order chi connectivity index (χ1) is 12.8. The third-order valence-electron chi connectivity index (χ3n) is 3.55. The van der Waals surface area contributed by atoms with Crippen molar-refractivity contribution in [2.24, 2.45) is 0 Å². The fourth-order valence-corrected chi connectivity index (χ4v) is 4.04. The molecule has 0 aliphatic heterocycles. The number of amides is 1. The molecule has 0 aliphatic rings. The molecule has 1 amide bonds.